The lowest BCUT2D eigenvalue weighted by Gasteiger charge is -2.15. The minimum absolute atomic E-state index is 0.0713. The van der Waals surface area contributed by atoms with E-state index >= 15 is 0 Å². The number of aromatic nitrogens is 4. The topological polar surface area (TPSA) is 95.9 Å². The monoisotopic (exact) mass is 338 g/mol. The lowest BCUT2D eigenvalue weighted by Crippen LogP contribution is -2.31. The third-order valence-electron chi connectivity index (χ3n) is 4.20. The molecule has 3 rings (SSSR count). The van der Waals surface area contributed by atoms with Gasteiger partial charge in [0.1, 0.15) is 0 Å². The predicted molar refractivity (Wildman–Crippen MR) is 85.1 cm³/mol. The Labute approximate surface area is 136 Å². The number of hydrogen-bond donors (Lipinski definition) is 2. The highest BCUT2D eigenvalue weighted by molar-refractivity contribution is 7.89. The second-order valence-electron chi connectivity index (χ2n) is 6.09. The first-order valence-electron chi connectivity index (χ1n) is 7.63. The number of hydrogen-bond acceptors (Lipinski definition) is 5. The lowest BCUT2D eigenvalue weighted by atomic mass is 10.1. The average molecular weight is 338 g/mol. The van der Waals surface area contributed by atoms with Crippen LogP contribution in [-0.4, -0.2) is 52.5 Å². The van der Waals surface area contributed by atoms with E-state index in [9.17, 15) is 8.42 Å². The van der Waals surface area contributed by atoms with Crippen molar-refractivity contribution in [2.75, 3.05) is 19.6 Å². The Kier molecular flexibility index (Phi) is 4.51. The van der Waals surface area contributed by atoms with Crippen molar-refractivity contribution < 1.29 is 8.42 Å². The van der Waals surface area contributed by atoms with Gasteiger partial charge in [0.2, 0.25) is 0 Å². The molecule has 0 aromatic carbocycles. The zero-order chi connectivity index (χ0) is 16.4. The van der Waals surface area contributed by atoms with Crippen LogP contribution < -0.4 is 4.72 Å². The molecule has 1 atom stereocenters. The van der Waals surface area contributed by atoms with Crippen molar-refractivity contribution in [2.24, 2.45) is 13.0 Å². The number of sulfonamides is 1. The van der Waals surface area contributed by atoms with Gasteiger partial charge >= 0.3 is 0 Å². The van der Waals surface area contributed by atoms with Gasteiger partial charge in [-0.25, -0.2) is 23.1 Å². The first-order chi connectivity index (χ1) is 10.9. The van der Waals surface area contributed by atoms with Crippen LogP contribution in [0.2, 0.25) is 0 Å². The van der Waals surface area contributed by atoms with E-state index < -0.39 is 10.0 Å². The summed E-state index contributed by atoms with van der Waals surface area (Å²) in [5, 5.41) is 0.0713. The second-order valence-corrected chi connectivity index (χ2v) is 7.81. The molecule has 0 radical (unpaired) electrons. The fourth-order valence-electron chi connectivity index (χ4n) is 2.81. The molecular formula is C14H22N6O2S. The summed E-state index contributed by atoms with van der Waals surface area (Å²) >= 11 is 0. The van der Waals surface area contributed by atoms with E-state index in [1.54, 1.807) is 17.9 Å². The van der Waals surface area contributed by atoms with Crippen LogP contribution in [0, 0.1) is 12.8 Å². The summed E-state index contributed by atoms with van der Waals surface area (Å²) in [4.78, 5) is 13.6. The Bertz CT molecular complexity index is 766. The van der Waals surface area contributed by atoms with E-state index in [1.807, 2.05) is 6.92 Å². The molecule has 1 saturated heterocycles. The summed E-state index contributed by atoms with van der Waals surface area (Å²) in [7, 11) is -1.77. The maximum Gasteiger partial charge on any atom is 0.259 e. The quantitative estimate of drug-likeness (QED) is 0.787. The number of imidazole rings is 2. The zero-order valence-corrected chi connectivity index (χ0v) is 14.2. The minimum atomic E-state index is -3.52. The zero-order valence-electron chi connectivity index (χ0n) is 13.4. The number of aromatic amines is 1. The van der Waals surface area contributed by atoms with Crippen LogP contribution in [0.5, 0.6) is 0 Å². The number of likely N-dealkylation sites (tertiary alicyclic amines) is 1. The van der Waals surface area contributed by atoms with Crippen LogP contribution >= 0.6 is 0 Å². The molecule has 1 fully saturated rings. The Balaban J connectivity index is 1.51. The van der Waals surface area contributed by atoms with E-state index in [1.165, 1.54) is 12.5 Å². The smallest absolute Gasteiger partial charge is 0.259 e. The van der Waals surface area contributed by atoms with Crippen molar-refractivity contribution in [3.63, 3.8) is 0 Å². The van der Waals surface area contributed by atoms with Gasteiger partial charge in [-0.2, -0.15) is 0 Å². The molecule has 9 heteroatoms. The van der Waals surface area contributed by atoms with Gasteiger partial charge in [-0.05, 0) is 25.8 Å². The Morgan fingerprint density at radius 2 is 2.26 bits per heavy atom. The Morgan fingerprint density at radius 1 is 1.43 bits per heavy atom. The third kappa shape index (κ3) is 3.80. The third-order valence-corrected chi connectivity index (χ3v) is 5.50. The fraction of sp³-hybridized carbons (Fsp3) is 0.571. The van der Waals surface area contributed by atoms with Crippen molar-refractivity contribution in [1.82, 2.24) is 29.1 Å². The molecule has 1 aliphatic heterocycles. The molecule has 126 valence electrons. The number of H-pyrrole nitrogens is 1. The molecule has 23 heavy (non-hydrogen) atoms. The van der Waals surface area contributed by atoms with Crippen LogP contribution in [0.3, 0.4) is 0 Å². The second kappa shape index (κ2) is 6.42. The number of rotatable bonds is 6. The molecule has 8 nitrogen and oxygen atoms in total. The van der Waals surface area contributed by atoms with E-state index in [4.69, 9.17) is 0 Å². The van der Waals surface area contributed by atoms with Crippen LogP contribution in [0.1, 0.15) is 17.8 Å². The van der Waals surface area contributed by atoms with Crippen LogP contribution in [0.4, 0.5) is 0 Å². The minimum Gasteiger partial charge on any atom is -0.348 e. The van der Waals surface area contributed by atoms with Gasteiger partial charge in [0.15, 0.2) is 5.03 Å². The molecule has 0 aliphatic carbocycles. The predicted octanol–water partition coefficient (Wildman–Crippen LogP) is 0.252. The van der Waals surface area contributed by atoms with Crippen molar-refractivity contribution in [3.8, 4) is 0 Å². The van der Waals surface area contributed by atoms with Crippen LogP contribution in [0.15, 0.2) is 23.9 Å². The lowest BCUT2D eigenvalue weighted by molar-refractivity contribution is 0.312. The van der Waals surface area contributed by atoms with Gasteiger partial charge in [-0.3, -0.25) is 4.90 Å². The first-order valence-corrected chi connectivity index (χ1v) is 9.11. The molecule has 1 aliphatic rings. The van der Waals surface area contributed by atoms with Gasteiger partial charge < -0.3 is 9.55 Å². The standard InChI is InChI=1S/C14H22N6O2S/c1-11-13(16-9-15-11)7-20-4-3-12(6-20)5-18-23(21,22)14-8-19(2)10-17-14/h8-10,12,18H,3-7H2,1-2H3,(H,15,16). The normalized spacial score (nSPS) is 19.5. The average Bonchev–Trinajstić information content (AvgIpc) is 3.21. The fourth-order valence-corrected chi connectivity index (χ4v) is 3.90. The van der Waals surface area contributed by atoms with Crippen molar-refractivity contribution in [3.05, 3.63) is 30.2 Å². The number of nitrogens with one attached hydrogen (secondary N) is 2. The maximum atomic E-state index is 12.2. The largest absolute Gasteiger partial charge is 0.348 e. The summed E-state index contributed by atoms with van der Waals surface area (Å²) in [5.74, 6) is 0.313. The van der Waals surface area contributed by atoms with E-state index in [0.717, 1.165) is 37.4 Å². The van der Waals surface area contributed by atoms with Crippen molar-refractivity contribution >= 4 is 10.0 Å². The molecule has 0 spiro atoms. The Morgan fingerprint density at radius 3 is 2.91 bits per heavy atom. The highest BCUT2D eigenvalue weighted by Crippen LogP contribution is 2.19. The highest BCUT2D eigenvalue weighted by Gasteiger charge is 2.26. The molecule has 2 aromatic heterocycles. The van der Waals surface area contributed by atoms with E-state index in [2.05, 4.69) is 24.6 Å². The molecule has 0 bridgehead atoms. The summed E-state index contributed by atoms with van der Waals surface area (Å²) in [6, 6.07) is 0. The molecule has 0 saturated carbocycles. The molecule has 2 aromatic rings. The maximum absolute atomic E-state index is 12.2. The molecule has 1 unspecified atom stereocenters. The van der Waals surface area contributed by atoms with Gasteiger partial charge in [0.05, 0.1) is 18.3 Å². The first kappa shape index (κ1) is 16.2. The van der Waals surface area contributed by atoms with Gasteiger partial charge in [0, 0.05) is 38.6 Å². The van der Waals surface area contributed by atoms with Gasteiger partial charge in [-0.15, -0.1) is 0 Å². The summed E-state index contributed by atoms with van der Waals surface area (Å²) in [5.41, 5.74) is 2.14. The van der Waals surface area contributed by atoms with E-state index in [-0.39, 0.29) is 5.03 Å². The summed E-state index contributed by atoms with van der Waals surface area (Å²) < 4.78 is 28.6. The molecular weight excluding hydrogens is 316 g/mol. The summed E-state index contributed by atoms with van der Waals surface area (Å²) in [6.45, 7) is 5.09. The number of nitrogens with zero attached hydrogens (tertiary/aromatic N) is 4. The molecule has 0 amide bonds. The number of aryl methyl sites for hydroxylation is 2. The molecule has 3 heterocycles. The Hall–Kier alpha value is -1.71. The van der Waals surface area contributed by atoms with E-state index in [0.29, 0.717) is 12.5 Å². The van der Waals surface area contributed by atoms with Crippen LogP contribution in [-0.2, 0) is 23.6 Å². The van der Waals surface area contributed by atoms with Crippen molar-refractivity contribution in [2.45, 2.75) is 24.9 Å². The van der Waals surface area contributed by atoms with Crippen LogP contribution in [0.25, 0.3) is 0 Å². The summed E-state index contributed by atoms with van der Waals surface area (Å²) in [6.07, 6.45) is 5.68. The van der Waals surface area contributed by atoms with Gasteiger partial charge in [-0.1, -0.05) is 0 Å². The molecule has 2 N–H and O–H groups in total. The van der Waals surface area contributed by atoms with Crippen molar-refractivity contribution in [1.29, 1.82) is 0 Å². The van der Waals surface area contributed by atoms with Gasteiger partial charge in [0.25, 0.3) is 10.0 Å². The highest BCUT2D eigenvalue weighted by atomic mass is 32.2. The SMILES string of the molecule is Cc1[nH]cnc1CN1CCC(CNS(=O)(=O)c2cn(C)cn2)C1.